The van der Waals surface area contributed by atoms with E-state index in [4.69, 9.17) is 0 Å². The summed E-state index contributed by atoms with van der Waals surface area (Å²) in [4.78, 5) is 0. The number of rotatable bonds is 0. The first-order valence-corrected chi connectivity index (χ1v) is 10.3. The predicted octanol–water partition coefficient (Wildman–Crippen LogP) is 6.19. The second kappa shape index (κ2) is 7.30. The van der Waals surface area contributed by atoms with E-state index >= 15 is 0 Å². The maximum atomic E-state index is 4.50. The Hall–Kier alpha value is -0.300. The molecule has 2 N–H and O–H groups in total. The molecule has 0 amide bonds. The Bertz CT molecular complexity index is 414. The van der Waals surface area contributed by atoms with Crippen molar-refractivity contribution in [3.05, 3.63) is 12.2 Å². The van der Waals surface area contributed by atoms with Crippen LogP contribution in [0.4, 0.5) is 0 Å². The fourth-order valence-electron chi connectivity index (χ4n) is 7.27. The highest BCUT2D eigenvalue weighted by molar-refractivity contribution is 5.21. The standard InChI is InChI=1S/C19H30.C2H6.CH5N/c1-13-5-4-9-18(3)16(13)8-10-19-11-14(2)15(12-19)6-7-17(18)19;2*1-2/h13,15-17H,2,4-12H2,1,3H3;1-2H3;2H2,1H3/t13?,15?,16?,17?,18-,19?;;/m1../s1. The van der Waals surface area contributed by atoms with E-state index < -0.39 is 0 Å². The largest absolute Gasteiger partial charge is 0.333 e. The van der Waals surface area contributed by atoms with Crippen molar-refractivity contribution in [1.29, 1.82) is 0 Å². The van der Waals surface area contributed by atoms with Gasteiger partial charge in [0.2, 0.25) is 0 Å². The van der Waals surface area contributed by atoms with E-state index in [0.29, 0.717) is 10.8 Å². The van der Waals surface area contributed by atoms with Crippen LogP contribution in [0.25, 0.3) is 0 Å². The van der Waals surface area contributed by atoms with Gasteiger partial charge in [-0.25, -0.2) is 0 Å². The molecule has 0 aliphatic heterocycles. The molecule has 134 valence electrons. The molecule has 4 rings (SSSR count). The van der Waals surface area contributed by atoms with Crippen molar-refractivity contribution in [3.8, 4) is 0 Å². The Morgan fingerprint density at radius 1 is 1.04 bits per heavy atom. The minimum absolute atomic E-state index is 0.672. The fraction of sp³-hybridized carbons (Fsp3) is 0.909. The van der Waals surface area contributed by atoms with E-state index in [-0.39, 0.29) is 0 Å². The van der Waals surface area contributed by atoms with Crippen LogP contribution in [0.3, 0.4) is 0 Å². The van der Waals surface area contributed by atoms with E-state index in [9.17, 15) is 0 Å². The third-order valence-corrected chi connectivity index (χ3v) is 8.01. The predicted molar refractivity (Wildman–Crippen MR) is 102 cm³/mol. The quantitative estimate of drug-likeness (QED) is 0.529. The van der Waals surface area contributed by atoms with Crippen molar-refractivity contribution < 1.29 is 0 Å². The summed E-state index contributed by atoms with van der Waals surface area (Å²) in [5, 5.41) is 0. The van der Waals surface area contributed by atoms with E-state index in [1.165, 1.54) is 64.8 Å². The smallest absolute Gasteiger partial charge is 0.0195 e. The Morgan fingerprint density at radius 2 is 1.74 bits per heavy atom. The van der Waals surface area contributed by atoms with Crippen LogP contribution in [0.2, 0.25) is 0 Å². The second-order valence-corrected chi connectivity index (χ2v) is 8.75. The Kier molecular flexibility index (Phi) is 6.04. The maximum absolute atomic E-state index is 4.50. The topological polar surface area (TPSA) is 26.0 Å². The van der Waals surface area contributed by atoms with Crippen molar-refractivity contribution in [2.75, 3.05) is 7.05 Å². The first-order chi connectivity index (χ1) is 11.1. The summed E-state index contributed by atoms with van der Waals surface area (Å²) >= 11 is 0. The highest BCUT2D eigenvalue weighted by atomic mass is 14.7. The first-order valence-electron chi connectivity index (χ1n) is 10.3. The molecule has 1 heteroatoms. The monoisotopic (exact) mass is 319 g/mol. The molecule has 0 saturated heterocycles. The summed E-state index contributed by atoms with van der Waals surface area (Å²) in [5.41, 5.74) is 7.49. The van der Waals surface area contributed by atoms with Crippen LogP contribution < -0.4 is 5.73 Å². The van der Waals surface area contributed by atoms with Gasteiger partial charge in [0.1, 0.15) is 0 Å². The van der Waals surface area contributed by atoms with Gasteiger partial charge in [-0.3, -0.25) is 0 Å². The average molecular weight is 320 g/mol. The average Bonchev–Trinajstić information content (AvgIpc) is 2.80. The van der Waals surface area contributed by atoms with Gasteiger partial charge in [0.25, 0.3) is 0 Å². The lowest BCUT2D eigenvalue weighted by Gasteiger charge is -2.61. The van der Waals surface area contributed by atoms with Gasteiger partial charge in [0.05, 0.1) is 0 Å². The number of fused-ring (bicyclic) bond motifs is 3. The van der Waals surface area contributed by atoms with Gasteiger partial charge in [0.15, 0.2) is 0 Å². The third kappa shape index (κ3) is 2.92. The summed E-state index contributed by atoms with van der Waals surface area (Å²) in [7, 11) is 1.50. The molecule has 5 unspecified atom stereocenters. The highest BCUT2D eigenvalue weighted by Crippen LogP contribution is 2.70. The minimum atomic E-state index is 0.672. The van der Waals surface area contributed by atoms with Crippen LogP contribution in [-0.4, -0.2) is 7.05 Å². The molecule has 4 saturated carbocycles. The van der Waals surface area contributed by atoms with Crippen molar-refractivity contribution in [2.24, 2.45) is 40.2 Å². The lowest BCUT2D eigenvalue weighted by atomic mass is 9.43. The molecule has 6 atom stereocenters. The number of hydrogen-bond acceptors (Lipinski definition) is 1. The summed E-state index contributed by atoms with van der Waals surface area (Å²) in [6, 6.07) is 0. The first kappa shape index (κ1) is 19.0. The molecule has 4 aliphatic carbocycles. The molecule has 2 bridgehead atoms. The van der Waals surface area contributed by atoms with E-state index in [1.807, 2.05) is 13.8 Å². The van der Waals surface area contributed by atoms with Gasteiger partial charge in [-0.05, 0) is 86.5 Å². The molecule has 23 heavy (non-hydrogen) atoms. The molecule has 1 nitrogen and oxygen atoms in total. The summed E-state index contributed by atoms with van der Waals surface area (Å²) in [6.07, 6.45) is 13.4. The Morgan fingerprint density at radius 3 is 2.43 bits per heavy atom. The van der Waals surface area contributed by atoms with Gasteiger partial charge in [-0.1, -0.05) is 52.7 Å². The van der Waals surface area contributed by atoms with Gasteiger partial charge in [0, 0.05) is 0 Å². The summed E-state index contributed by atoms with van der Waals surface area (Å²) in [6.45, 7) is 13.6. The summed E-state index contributed by atoms with van der Waals surface area (Å²) < 4.78 is 0. The van der Waals surface area contributed by atoms with Crippen molar-refractivity contribution >= 4 is 0 Å². The molecule has 4 fully saturated rings. The molecule has 0 aromatic heterocycles. The number of allylic oxidation sites excluding steroid dienone is 1. The zero-order chi connectivity index (χ0) is 17.3. The molecule has 0 aromatic rings. The van der Waals surface area contributed by atoms with Crippen LogP contribution in [0.1, 0.15) is 85.5 Å². The molecule has 1 spiro atoms. The maximum Gasteiger partial charge on any atom is -0.0195 e. The van der Waals surface area contributed by atoms with E-state index in [2.05, 4.69) is 26.2 Å². The third-order valence-electron chi connectivity index (χ3n) is 8.01. The highest BCUT2D eigenvalue weighted by Gasteiger charge is 2.61. The Balaban J connectivity index is 0.000000448. The van der Waals surface area contributed by atoms with Gasteiger partial charge in [-0.2, -0.15) is 0 Å². The van der Waals surface area contributed by atoms with Gasteiger partial charge >= 0.3 is 0 Å². The molecular formula is C22H41N. The Labute approximate surface area is 145 Å². The normalized spacial score (nSPS) is 47.3. The lowest BCUT2D eigenvalue weighted by molar-refractivity contribution is -0.120. The van der Waals surface area contributed by atoms with Crippen molar-refractivity contribution in [3.63, 3.8) is 0 Å². The van der Waals surface area contributed by atoms with Crippen LogP contribution in [0.5, 0.6) is 0 Å². The van der Waals surface area contributed by atoms with Crippen LogP contribution in [-0.2, 0) is 0 Å². The van der Waals surface area contributed by atoms with Crippen LogP contribution in [0, 0.1) is 34.5 Å². The van der Waals surface area contributed by atoms with Gasteiger partial charge < -0.3 is 5.73 Å². The minimum Gasteiger partial charge on any atom is -0.333 e. The lowest BCUT2D eigenvalue weighted by Crippen LogP contribution is -2.53. The van der Waals surface area contributed by atoms with E-state index in [1.54, 1.807) is 5.57 Å². The zero-order valence-electron chi connectivity index (χ0n) is 16.5. The molecule has 0 aromatic carbocycles. The summed E-state index contributed by atoms with van der Waals surface area (Å²) in [5.74, 6) is 3.94. The van der Waals surface area contributed by atoms with E-state index in [0.717, 1.165) is 23.7 Å². The fourth-order valence-corrected chi connectivity index (χ4v) is 7.27. The zero-order valence-corrected chi connectivity index (χ0v) is 16.5. The number of nitrogens with two attached hydrogens (primary N) is 1. The SMILES string of the molecule is C=C1CC23CCC4C(C)CCC[C@@]4(C)C2CCC1C3.CC.CN. The van der Waals surface area contributed by atoms with Crippen LogP contribution >= 0.6 is 0 Å². The van der Waals surface area contributed by atoms with Crippen molar-refractivity contribution in [2.45, 2.75) is 85.5 Å². The number of hydrogen-bond donors (Lipinski definition) is 1. The molecule has 4 aliphatic rings. The van der Waals surface area contributed by atoms with Crippen molar-refractivity contribution in [1.82, 2.24) is 0 Å². The second-order valence-electron chi connectivity index (χ2n) is 8.75. The van der Waals surface area contributed by atoms with Crippen LogP contribution in [0.15, 0.2) is 12.2 Å². The molecule has 0 radical (unpaired) electrons. The molecular weight excluding hydrogens is 278 g/mol. The molecule has 0 heterocycles. The van der Waals surface area contributed by atoms with Gasteiger partial charge in [-0.15, -0.1) is 0 Å².